The molecule has 0 aromatic carbocycles. The van der Waals surface area contributed by atoms with Gasteiger partial charge in [-0.3, -0.25) is 0 Å². The maximum Gasteiger partial charge on any atom is 0.229 e. The molecule has 0 spiro atoms. The van der Waals surface area contributed by atoms with E-state index in [2.05, 4.69) is 16.0 Å². The highest BCUT2D eigenvalue weighted by atomic mass is 16.3. The van der Waals surface area contributed by atoms with E-state index in [1.807, 2.05) is 0 Å². The van der Waals surface area contributed by atoms with Gasteiger partial charge < -0.3 is 15.1 Å². The van der Waals surface area contributed by atoms with Crippen molar-refractivity contribution < 1.29 is 4.42 Å². The Hall–Kier alpha value is -2.22. The molecule has 1 saturated heterocycles. The number of nitrogens with two attached hydrogens (primary N) is 1. The number of furan rings is 1. The Kier molecular flexibility index (Phi) is 2.56. The normalized spacial score (nSPS) is 15.8. The largest absolute Gasteiger partial charge is 0.446 e. The van der Waals surface area contributed by atoms with E-state index in [0.717, 1.165) is 25.9 Å². The third-order valence-corrected chi connectivity index (χ3v) is 3.40. The number of anilines is 2. The minimum atomic E-state index is 0.464. The van der Waals surface area contributed by atoms with Crippen molar-refractivity contribution in [2.24, 2.45) is 0 Å². The average Bonchev–Trinajstić information content (AvgIpc) is 2.88. The molecule has 5 heteroatoms. The van der Waals surface area contributed by atoms with Crippen molar-refractivity contribution in [2.45, 2.75) is 19.3 Å². The topological polar surface area (TPSA) is 79.1 Å². The molecule has 92 valence electrons. The summed E-state index contributed by atoms with van der Waals surface area (Å²) < 4.78 is 5.30. The second-order valence-electron chi connectivity index (χ2n) is 4.52. The summed E-state index contributed by atoms with van der Waals surface area (Å²) in [6.07, 6.45) is 5.04. The maximum atomic E-state index is 9.30. The molecule has 0 radical (unpaired) electrons. The lowest BCUT2D eigenvalue weighted by Crippen LogP contribution is -2.31. The van der Waals surface area contributed by atoms with Crippen LogP contribution in [0.4, 0.5) is 11.5 Å². The molecule has 5 nitrogen and oxygen atoms in total. The molecule has 2 aromatic heterocycles. The number of pyridine rings is 1. The van der Waals surface area contributed by atoms with E-state index in [1.165, 1.54) is 6.42 Å². The van der Waals surface area contributed by atoms with Crippen molar-refractivity contribution >= 4 is 22.6 Å². The fourth-order valence-electron chi connectivity index (χ4n) is 2.44. The first-order chi connectivity index (χ1) is 8.81. The Morgan fingerprint density at radius 2 is 2.11 bits per heavy atom. The summed E-state index contributed by atoms with van der Waals surface area (Å²) in [5.41, 5.74) is 7.47. The molecular formula is C13H14N4O. The van der Waals surface area contributed by atoms with Crippen LogP contribution in [0.15, 0.2) is 16.7 Å². The van der Waals surface area contributed by atoms with Crippen molar-refractivity contribution in [3.63, 3.8) is 0 Å². The first-order valence-corrected chi connectivity index (χ1v) is 6.13. The Labute approximate surface area is 105 Å². The molecule has 0 aliphatic carbocycles. The molecule has 0 amide bonds. The van der Waals surface area contributed by atoms with Crippen LogP contribution in [0, 0.1) is 11.3 Å². The van der Waals surface area contributed by atoms with Gasteiger partial charge in [0.2, 0.25) is 5.71 Å². The van der Waals surface area contributed by atoms with Crippen molar-refractivity contribution in [2.75, 3.05) is 23.7 Å². The van der Waals surface area contributed by atoms with Gasteiger partial charge in [-0.25, -0.2) is 0 Å². The number of piperidine rings is 1. The van der Waals surface area contributed by atoms with Crippen molar-refractivity contribution in [3.05, 3.63) is 17.9 Å². The van der Waals surface area contributed by atoms with Crippen LogP contribution in [0.2, 0.25) is 0 Å². The Balaban J connectivity index is 2.17. The molecule has 1 aliphatic rings. The summed E-state index contributed by atoms with van der Waals surface area (Å²) in [4.78, 5) is 6.57. The molecule has 2 aromatic rings. The number of nitriles is 1. The molecule has 0 unspecified atom stereocenters. The van der Waals surface area contributed by atoms with Gasteiger partial charge in [0.25, 0.3) is 0 Å². The van der Waals surface area contributed by atoms with E-state index < -0.39 is 0 Å². The van der Waals surface area contributed by atoms with Crippen molar-refractivity contribution in [1.29, 1.82) is 5.26 Å². The molecule has 3 rings (SSSR count). The van der Waals surface area contributed by atoms with Crippen LogP contribution in [0.25, 0.3) is 11.1 Å². The van der Waals surface area contributed by atoms with Crippen LogP contribution in [0.5, 0.6) is 0 Å². The van der Waals surface area contributed by atoms with Crippen LogP contribution in [0.1, 0.15) is 24.8 Å². The van der Waals surface area contributed by atoms with Gasteiger partial charge in [-0.05, 0) is 25.3 Å². The molecule has 0 atom stereocenters. The first-order valence-electron chi connectivity index (χ1n) is 6.13. The third-order valence-electron chi connectivity index (χ3n) is 3.40. The van der Waals surface area contributed by atoms with Crippen LogP contribution in [-0.4, -0.2) is 18.1 Å². The lowest BCUT2D eigenvalue weighted by molar-refractivity contribution is 0.568. The standard InChI is InChI=1S/C13H14N4O/c14-8-10-11(15)9-4-7-18-13(9)16-12(10)17-5-2-1-3-6-17/h4,7H,1-3,5-6H2,(H2,15,16). The van der Waals surface area contributed by atoms with Gasteiger partial charge in [0, 0.05) is 13.1 Å². The molecule has 1 aliphatic heterocycles. The molecule has 0 saturated carbocycles. The van der Waals surface area contributed by atoms with E-state index in [9.17, 15) is 5.26 Å². The molecule has 3 heterocycles. The number of fused-ring (bicyclic) bond motifs is 1. The minimum absolute atomic E-state index is 0.464. The third kappa shape index (κ3) is 1.58. The zero-order valence-corrected chi connectivity index (χ0v) is 10.0. The van der Waals surface area contributed by atoms with Crippen molar-refractivity contribution in [1.82, 2.24) is 4.98 Å². The number of hydrogen-bond donors (Lipinski definition) is 1. The van der Waals surface area contributed by atoms with E-state index in [-0.39, 0.29) is 0 Å². The highest BCUT2D eigenvalue weighted by molar-refractivity contribution is 5.93. The Morgan fingerprint density at radius 1 is 1.33 bits per heavy atom. The van der Waals surface area contributed by atoms with Gasteiger partial charge in [-0.15, -0.1) is 0 Å². The summed E-state index contributed by atoms with van der Waals surface area (Å²) >= 11 is 0. The summed E-state index contributed by atoms with van der Waals surface area (Å²) in [5, 5.41) is 10.0. The van der Waals surface area contributed by atoms with E-state index >= 15 is 0 Å². The predicted molar refractivity (Wildman–Crippen MR) is 69.2 cm³/mol. The Bertz CT molecular complexity index is 620. The van der Waals surface area contributed by atoms with Crippen LogP contribution >= 0.6 is 0 Å². The SMILES string of the molecule is N#Cc1c(N2CCCCC2)nc2occc2c1N. The van der Waals surface area contributed by atoms with Gasteiger partial charge in [0.1, 0.15) is 11.6 Å². The molecule has 18 heavy (non-hydrogen) atoms. The zero-order chi connectivity index (χ0) is 12.5. The molecular weight excluding hydrogens is 228 g/mol. The summed E-state index contributed by atoms with van der Waals surface area (Å²) in [5.74, 6) is 0.664. The van der Waals surface area contributed by atoms with Gasteiger partial charge in [0.05, 0.1) is 17.3 Å². The number of hydrogen-bond acceptors (Lipinski definition) is 5. The first kappa shape index (κ1) is 10.9. The zero-order valence-electron chi connectivity index (χ0n) is 10.0. The number of nitrogen functional groups attached to an aromatic ring is 1. The van der Waals surface area contributed by atoms with Crippen LogP contribution < -0.4 is 10.6 Å². The number of nitrogens with zero attached hydrogens (tertiary/aromatic N) is 3. The lowest BCUT2D eigenvalue weighted by atomic mass is 10.1. The monoisotopic (exact) mass is 242 g/mol. The van der Waals surface area contributed by atoms with Gasteiger partial charge >= 0.3 is 0 Å². The maximum absolute atomic E-state index is 9.30. The van der Waals surface area contributed by atoms with Gasteiger partial charge in [-0.1, -0.05) is 0 Å². The molecule has 0 bridgehead atoms. The van der Waals surface area contributed by atoms with Gasteiger partial charge in [0.15, 0.2) is 5.82 Å². The Morgan fingerprint density at radius 3 is 2.83 bits per heavy atom. The fourth-order valence-corrected chi connectivity index (χ4v) is 2.44. The highest BCUT2D eigenvalue weighted by Gasteiger charge is 2.20. The highest BCUT2D eigenvalue weighted by Crippen LogP contribution is 2.32. The molecule has 1 fully saturated rings. The van der Waals surface area contributed by atoms with E-state index in [0.29, 0.717) is 28.2 Å². The second kappa shape index (κ2) is 4.22. The molecule has 2 N–H and O–H groups in total. The lowest BCUT2D eigenvalue weighted by Gasteiger charge is -2.28. The smallest absolute Gasteiger partial charge is 0.229 e. The quantitative estimate of drug-likeness (QED) is 0.829. The average molecular weight is 242 g/mol. The number of rotatable bonds is 1. The number of aromatic nitrogens is 1. The summed E-state index contributed by atoms with van der Waals surface area (Å²) in [7, 11) is 0. The van der Waals surface area contributed by atoms with Crippen molar-refractivity contribution in [3.8, 4) is 6.07 Å². The predicted octanol–water partition coefficient (Wildman–Crippen LogP) is 2.27. The minimum Gasteiger partial charge on any atom is -0.446 e. The van der Waals surface area contributed by atoms with Crippen LogP contribution in [0.3, 0.4) is 0 Å². The second-order valence-corrected chi connectivity index (χ2v) is 4.52. The van der Waals surface area contributed by atoms with Crippen LogP contribution in [-0.2, 0) is 0 Å². The fraction of sp³-hybridized carbons (Fsp3) is 0.385. The van der Waals surface area contributed by atoms with E-state index in [4.69, 9.17) is 10.2 Å². The van der Waals surface area contributed by atoms with E-state index in [1.54, 1.807) is 12.3 Å². The summed E-state index contributed by atoms with van der Waals surface area (Å²) in [6, 6.07) is 3.92. The van der Waals surface area contributed by atoms with Gasteiger partial charge in [-0.2, -0.15) is 10.2 Å². The summed E-state index contributed by atoms with van der Waals surface area (Å²) in [6.45, 7) is 1.85.